The maximum Gasteiger partial charge on any atom is 0.123 e. The Hall–Kier alpha value is -1.35. The van der Waals surface area contributed by atoms with Gasteiger partial charge in [0.2, 0.25) is 0 Å². The Bertz CT molecular complexity index is 607. The van der Waals surface area contributed by atoms with Gasteiger partial charge < -0.3 is 0 Å². The summed E-state index contributed by atoms with van der Waals surface area (Å²) in [6, 6.07) is 6.68. The van der Waals surface area contributed by atoms with Crippen LogP contribution in [0.3, 0.4) is 0 Å². The third-order valence-electron chi connectivity index (χ3n) is 3.74. The van der Waals surface area contributed by atoms with Gasteiger partial charge in [-0.25, -0.2) is 4.39 Å². The molecule has 1 heterocycles. The van der Waals surface area contributed by atoms with Crippen molar-refractivity contribution in [1.82, 2.24) is 9.78 Å². The van der Waals surface area contributed by atoms with Crippen molar-refractivity contribution in [1.29, 1.82) is 0 Å². The zero-order valence-corrected chi connectivity index (χ0v) is 13.6. The summed E-state index contributed by atoms with van der Waals surface area (Å²) in [7, 11) is 0. The van der Waals surface area contributed by atoms with Crippen molar-refractivity contribution in [2.45, 2.75) is 52.0 Å². The highest BCUT2D eigenvalue weighted by Crippen LogP contribution is 2.31. The van der Waals surface area contributed by atoms with Crippen LogP contribution < -0.4 is 0 Å². The fourth-order valence-corrected chi connectivity index (χ4v) is 2.96. The predicted molar refractivity (Wildman–Crippen MR) is 85.4 cm³/mol. The van der Waals surface area contributed by atoms with Gasteiger partial charge in [-0.3, -0.25) is 4.68 Å². The van der Waals surface area contributed by atoms with Gasteiger partial charge in [-0.1, -0.05) is 32.9 Å². The van der Waals surface area contributed by atoms with Gasteiger partial charge in [0, 0.05) is 11.3 Å². The molecule has 0 saturated carbocycles. The quantitative estimate of drug-likeness (QED) is 0.695. The summed E-state index contributed by atoms with van der Waals surface area (Å²) in [4.78, 5) is 0. The lowest BCUT2D eigenvalue weighted by atomic mass is 10.0. The van der Waals surface area contributed by atoms with E-state index >= 15 is 0 Å². The van der Waals surface area contributed by atoms with Gasteiger partial charge in [-0.05, 0) is 37.0 Å². The molecule has 1 atom stereocenters. The first-order valence-electron chi connectivity index (χ1n) is 7.57. The van der Waals surface area contributed by atoms with E-state index in [0.717, 1.165) is 36.2 Å². The second-order valence-electron chi connectivity index (χ2n) is 5.18. The number of benzene rings is 1. The standard InChI is InChI=1S/C17H22ClFN2/c1-4-14(18)17-15(5-2)20-21(16(17)6-3)11-12-8-7-9-13(19)10-12/h7-10,14H,4-6,11H2,1-3H3. The molecule has 2 aromatic rings. The van der Waals surface area contributed by atoms with E-state index in [1.165, 1.54) is 11.6 Å². The molecular weight excluding hydrogens is 287 g/mol. The first-order chi connectivity index (χ1) is 10.1. The summed E-state index contributed by atoms with van der Waals surface area (Å²) in [5.74, 6) is -0.211. The minimum absolute atomic E-state index is 0.00356. The van der Waals surface area contributed by atoms with Gasteiger partial charge in [0.05, 0.1) is 17.6 Å². The van der Waals surface area contributed by atoms with Crippen LogP contribution in [-0.4, -0.2) is 9.78 Å². The number of hydrogen-bond donors (Lipinski definition) is 0. The van der Waals surface area contributed by atoms with E-state index in [1.54, 1.807) is 12.1 Å². The lowest BCUT2D eigenvalue weighted by Gasteiger charge is -2.11. The fraction of sp³-hybridized carbons (Fsp3) is 0.471. The van der Waals surface area contributed by atoms with Gasteiger partial charge in [-0.2, -0.15) is 5.10 Å². The molecule has 1 unspecified atom stereocenters. The molecule has 0 aliphatic heterocycles. The summed E-state index contributed by atoms with van der Waals surface area (Å²) in [5.41, 5.74) is 4.31. The molecule has 1 aromatic carbocycles. The molecule has 4 heteroatoms. The average Bonchev–Trinajstić information content (AvgIpc) is 2.83. The largest absolute Gasteiger partial charge is 0.265 e. The Morgan fingerprint density at radius 1 is 1.24 bits per heavy atom. The highest BCUT2D eigenvalue weighted by atomic mass is 35.5. The van der Waals surface area contributed by atoms with E-state index in [2.05, 4.69) is 20.8 Å². The van der Waals surface area contributed by atoms with Crippen molar-refractivity contribution < 1.29 is 4.39 Å². The monoisotopic (exact) mass is 308 g/mol. The number of rotatable bonds is 6. The van der Waals surface area contributed by atoms with Crippen LogP contribution in [0.1, 0.15) is 55.1 Å². The van der Waals surface area contributed by atoms with Crippen LogP contribution in [0.4, 0.5) is 4.39 Å². The molecule has 0 bridgehead atoms. The summed E-state index contributed by atoms with van der Waals surface area (Å²) in [6.07, 6.45) is 2.62. The third kappa shape index (κ3) is 3.46. The summed E-state index contributed by atoms with van der Waals surface area (Å²) >= 11 is 6.49. The van der Waals surface area contributed by atoms with Crippen LogP contribution in [0, 0.1) is 5.82 Å². The molecule has 114 valence electrons. The van der Waals surface area contributed by atoms with Crippen molar-refractivity contribution in [2.24, 2.45) is 0 Å². The van der Waals surface area contributed by atoms with Crippen molar-refractivity contribution in [3.05, 3.63) is 52.6 Å². The number of aryl methyl sites for hydroxylation is 1. The van der Waals surface area contributed by atoms with E-state index in [0.29, 0.717) is 6.54 Å². The van der Waals surface area contributed by atoms with Gasteiger partial charge in [-0.15, -0.1) is 11.6 Å². The smallest absolute Gasteiger partial charge is 0.123 e. The highest BCUT2D eigenvalue weighted by molar-refractivity contribution is 6.21. The Morgan fingerprint density at radius 3 is 2.57 bits per heavy atom. The van der Waals surface area contributed by atoms with Gasteiger partial charge in [0.15, 0.2) is 0 Å². The lowest BCUT2D eigenvalue weighted by molar-refractivity contribution is 0.611. The van der Waals surface area contributed by atoms with Crippen molar-refractivity contribution in [3.63, 3.8) is 0 Å². The Labute approximate surface area is 130 Å². The van der Waals surface area contributed by atoms with E-state index in [9.17, 15) is 4.39 Å². The molecular formula is C17H22ClFN2. The van der Waals surface area contributed by atoms with Crippen LogP contribution in [0.25, 0.3) is 0 Å². The Balaban J connectivity index is 2.41. The van der Waals surface area contributed by atoms with E-state index < -0.39 is 0 Å². The number of nitrogens with zero attached hydrogens (tertiary/aromatic N) is 2. The molecule has 0 saturated heterocycles. The zero-order chi connectivity index (χ0) is 15.4. The van der Waals surface area contributed by atoms with Crippen LogP contribution in [-0.2, 0) is 19.4 Å². The van der Waals surface area contributed by atoms with E-state index in [1.807, 2.05) is 10.7 Å². The van der Waals surface area contributed by atoms with Crippen LogP contribution >= 0.6 is 11.6 Å². The molecule has 0 radical (unpaired) electrons. The van der Waals surface area contributed by atoms with Crippen molar-refractivity contribution >= 4 is 11.6 Å². The van der Waals surface area contributed by atoms with Gasteiger partial charge >= 0.3 is 0 Å². The maximum absolute atomic E-state index is 13.3. The molecule has 1 aromatic heterocycles. The fourth-order valence-electron chi connectivity index (χ4n) is 2.70. The molecule has 2 rings (SSSR count). The van der Waals surface area contributed by atoms with E-state index in [-0.39, 0.29) is 11.2 Å². The van der Waals surface area contributed by atoms with E-state index in [4.69, 9.17) is 16.7 Å². The first-order valence-corrected chi connectivity index (χ1v) is 8.01. The number of alkyl halides is 1. The number of halogens is 2. The maximum atomic E-state index is 13.3. The predicted octanol–water partition coefficient (Wildman–Crippen LogP) is 4.89. The number of aromatic nitrogens is 2. The minimum Gasteiger partial charge on any atom is -0.265 e. The molecule has 0 aliphatic rings. The Kier molecular flexibility index (Phi) is 5.40. The Morgan fingerprint density at radius 2 is 2.00 bits per heavy atom. The summed E-state index contributed by atoms with van der Waals surface area (Å²) in [5, 5.41) is 4.70. The van der Waals surface area contributed by atoms with Gasteiger partial charge in [0.25, 0.3) is 0 Å². The second-order valence-corrected chi connectivity index (χ2v) is 5.70. The summed E-state index contributed by atoms with van der Waals surface area (Å²) < 4.78 is 15.3. The first kappa shape index (κ1) is 16.0. The topological polar surface area (TPSA) is 17.8 Å². The minimum atomic E-state index is -0.211. The number of hydrogen-bond acceptors (Lipinski definition) is 1. The van der Waals surface area contributed by atoms with Crippen molar-refractivity contribution in [3.8, 4) is 0 Å². The highest BCUT2D eigenvalue weighted by Gasteiger charge is 2.21. The van der Waals surface area contributed by atoms with Gasteiger partial charge in [0.1, 0.15) is 5.82 Å². The second kappa shape index (κ2) is 7.08. The molecule has 21 heavy (non-hydrogen) atoms. The van der Waals surface area contributed by atoms with Crippen LogP contribution in [0.15, 0.2) is 24.3 Å². The SMILES string of the molecule is CCc1nn(Cc2cccc(F)c2)c(CC)c1C(Cl)CC. The average molecular weight is 309 g/mol. The zero-order valence-electron chi connectivity index (χ0n) is 12.9. The molecule has 0 amide bonds. The van der Waals surface area contributed by atoms with Crippen LogP contribution in [0.5, 0.6) is 0 Å². The molecule has 2 nitrogen and oxygen atoms in total. The van der Waals surface area contributed by atoms with Crippen molar-refractivity contribution in [2.75, 3.05) is 0 Å². The molecule has 0 fully saturated rings. The molecule has 0 spiro atoms. The molecule has 0 aliphatic carbocycles. The lowest BCUT2D eigenvalue weighted by Crippen LogP contribution is -2.07. The summed E-state index contributed by atoms with van der Waals surface area (Å²) in [6.45, 7) is 6.88. The van der Waals surface area contributed by atoms with Crippen LogP contribution in [0.2, 0.25) is 0 Å². The molecule has 0 N–H and O–H groups in total. The normalized spacial score (nSPS) is 12.6. The third-order valence-corrected chi connectivity index (χ3v) is 4.26.